The predicted molar refractivity (Wildman–Crippen MR) is 123 cm³/mol. The van der Waals surface area contributed by atoms with E-state index < -0.39 is 17.8 Å². The highest BCUT2D eigenvalue weighted by Gasteiger charge is 2.34. The monoisotopic (exact) mass is 473 g/mol. The van der Waals surface area contributed by atoms with Crippen molar-refractivity contribution in [2.24, 2.45) is 0 Å². The van der Waals surface area contributed by atoms with Crippen LogP contribution in [0, 0.1) is 0 Å². The third kappa shape index (κ3) is 6.66. The summed E-state index contributed by atoms with van der Waals surface area (Å²) in [6.45, 7) is 4.73. The molecule has 0 saturated heterocycles. The van der Waals surface area contributed by atoms with Gasteiger partial charge in [0.05, 0.1) is 6.61 Å². The minimum absolute atomic E-state index is 0.204. The highest BCUT2D eigenvalue weighted by atomic mass is 19.4. The maximum Gasteiger partial charge on any atom is 0.435 e. The molecule has 0 aliphatic heterocycles. The Bertz CT molecular complexity index is 1140. The number of carbonyl (C=O) groups excluding carboxylic acids is 1. The number of hydrogen-bond donors (Lipinski definition) is 1. The Morgan fingerprint density at radius 3 is 2.74 bits per heavy atom. The molecule has 7 nitrogen and oxygen atoms in total. The van der Waals surface area contributed by atoms with Gasteiger partial charge in [0, 0.05) is 30.6 Å². The predicted octanol–water partition coefficient (Wildman–Crippen LogP) is 5.53. The van der Waals surface area contributed by atoms with Crippen LogP contribution in [0.3, 0.4) is 0 Å². The van der Waals surface area contributed by atoms with Gasteiger partial charge in [-0.2, -0.15) is 23.3 Å². The first-order valence-electron chi connectivity index (χ1n) is 11.0. The molecule has 1 aromatic carbocycles. The maximum absolute atomic E-state index is 13.2. The van der Waals surface area contributed by atoms with E-state index in [1.54, 1.807) is 43.5 Å². The lowest BCUT2D eigenvalue weighted by Gasteiger charge is -2.12. The molecule has 180 valence electrons. The number of ether oxygens (including phenoxy) is 1. The molecule has 0 bridgehead atoms. The van der Waals surface area contributed by atoms with Crippen molar-refractivity contribution in [3.8, 4) is 16.9 Å². The summed E-state index contributed by atoms with van der Waals surface area (Å²) < 4.78 is 45.4. The number of aromatic nitrogens is 4. The van der Waals surface area contributed by atoms with Crippen LogP contribution in [0.2, 0.25) is 0 Å². The molecule has 34 heavy (non-hydrogen) atoms. The van der Waals surface area contributed by atoms with Crippen LogP contribution in [0.15, 0.2) is 48.8 Å². The fraction of sp³-hybridized carbons (Fsp3) is 0.333. The second-order valence-electron chi connectivity index (χ2n) is 7.42. The van der Waals surface area contributed by atoms with Gasteiger partial charge in [-0.3, -0.25) is 0 Å². The van der Waals surface area contributed by atoms with Crippen molar-refractivity contribution in [1.82, 2.24) is 19.7 Å². The first-order chi connectivity index (χ1) is 16.3. The lowest BCUT2D eigenvalue weighted by Crippen LogP contribution is -2.11. The third-order valence-electron chi connectivity index (χ3n) is 4.82. The number of benzene rings is 1. The van der Waals surface area contributed by atoms with Gasteiger partial charge in [-0.15, -0.1) is 0 Å². The van der Waals surface area contributed by atoms with E-state index in [2.05, 4.69) is 27.3 Å². The van der Waals surface area contributed by atoms with Gasteiger partial charge in [0.15, 0.2) is 11.5 Å². The summed E-state index contributed by atoms with van der Waals surface area (Å²) in [6, 6.07) is 8.02. The fourth-order valence-electron chi connectivity index (χ4n) is 3.17. The minimum Gasteiger partial charge on any atom is -0.463 e. The SMILES string of the molecule is CCCCCNc1ncc(-c2cccc(/C=C/C(=O)OCC)c2)c(-n2ccc(C(F)(F)F)n2)n1. The molecule has 0 saturated carbocycles. The molecule has 3 rings (SSSR count). The van der Waals surface area contributed by atoms with Crippen LogP contribution >= 0.6 is 0 Å². The Morgan fingerprint density at radius 2 is 2.03 bits per heavy atom. The number of carbonyl (C=O) groups is 1. The Morgan fingerprint density at radius 1 is 1.21 bits per heavy atom. The van der Waals surface area contributed by atoms with Crippen molar-refractivity contribution < 1.29 is 22.7 Å². The molecule has 1 N–H and O–H groups in total. The highest BCUT2D eigenvalue weighted by Crippen LogP contribution is 2.30. The van der Waals surface area contributed by atoms with E-state index in [-0.39, 0.29) is 12.4 Å². The van der Waals surface area contributed by atoms with Crippen LogP contribution < -0.4 is 5.32 Å². The summed E-state index contributed by atoms with van der Waals surface area (Å²) in [4.78, 5) is 20.4. The standard InChI is InChI=1S/C24H26F3N5O2/c1-3-5-6-13-28-23-29-16-19(22(30-23)32-14-12-20(31-32)24(25,26)27)18-9-7-8-17(15-18)10-11-21(33)34-4-2/h7-12,14-16H,3-6,13H2,1-2H3,(H,28,29,30)/b11-10+. The molecule has 0 fully saturated rings. The zero-order valence-corrected chi connectivity index (χ0v) is 19.0. The molecule has 2 aromatic heterocycles. The largest absolute Gasteiger partial charge is 0.463 e. The van der Waals surface area contributed by atoms with Gasteiger partial charge in [0.2, 0.25) is 5.95 Å². The topological polar surface area (TPSA) is 81.9 Å². The Kier molecular flexibility index (Phi) is 8.39. The van der Waals surface area contributed by atoms with Gasteiger partial charge in [0.1, 0.15) is 0 Å². The summed E-state index contributed by atoms with van der Waals surface area (Å²) in [5.74, 6) is 0.0407. The number of anilines is 1. The summed E-state index contributed by atoms with van der Waals surface area (Å²) in [6.07, 6.45) is 4.13. The second kappa shape index (κ2) is 11.4. The van der Waals surface area contributed by atoms with Crippen molar-refractivity contribution in [3.63, 3.8) is 0 Å². The second-order valence-corrected chi connectivity index (χ2v) is 7.42. The van der Waals surface area contributed by atoms with Gasteiger partial charge in [-0.25, -0.2) is 14.5 Å². The van der Waals surface area contributed by atoms with Crippen LogP contribution in [0.25, 0.3) is 23.0 Å². The van der Waals surface area contributed by atoms with Gasteiger partial charge in [-0.05, 0) is 42.7 Å². The van der Waals surface area contributed by atoms with E-state index in [4.69, 9.17) is 4.74 Å². The zero-order chi connectivity index (χ0) is 24.6. The van der Waals surface area contributed by atoms with Crippen molar-refractivity contribution >= 4 is 18.0 Å². The van der Waals surface area contributed by atoms with Gasteiger partial charge < -0.3 is 10.1 Å². The van der Waals surface area contributed by atoms with Crippen molar-refractivity contribution in [2.75, 3.05) is 18.5 Å². The molecular weight excluding hydrogens is 447 g/mol. The minimum atomic E-state index is -4.57. The van der Waals surface area contributed by atoms with Crippen LogP contribution in [0.1, 0.15) is 44.4 Å². The molecule has 0 amide bonds. The first-order valence-corrected chi connectivity index (χ1v) is 11.0. The highest BCUT2D eigenvalue weighted by molar-refractivity contribution is 5.87. The Balaban J connectivity index is 1.98. The van der Waals surface area contributed by atoms with Crippen molar-refractivity contribution in [3.05, 3.63) is 60.1 Å². The van der Waals surface area contributed by atoms with E-state index in [0.717, 1.165) is 30.0 Å². The molecule has 0 aliphatic carbocycles. The summed E-state index contributed by atoms with van der Waals surface area (Å²) in [5, 5.41) is 6.80. The molecule has 10 heteroatoms. The van der Waals surface area contributed by atoms with Crippen LogP contribution in [0.4, 0.5) is 19.1 Å². The average Bonchev–Trinajstić information content (AvgIpc) is 3.32. The molecule has 0 spiro atoms. The fourth-order valence-corrected chi connectivity index (χ4v) is 3.17. The maximum atomic E-state index is 13.2. The molecule has 0 atom stereocenters. The zero-order valence-electron chi connectivity index (χ0n) is 19.0. The van der Waals surface area contributed by atoms with E-state index in [9.17, 15) is 18.0 Å². The molecule has 0 aliphatic rings. The van der Waals surface area contributed by atoms with Crippen molar-refractivity contribution in [1.29, 1.82) is 0 Å². The number of halogens is 3. The number of esters is 1. The van der Waals surface area contributed by atoms with Crippen LogP contribution in [-0.2, 0) is 15.7 Å². The average molecular weight is 473 g/mol. The number of rotatable bonds is 10. The number of nitrogens with one attached hydrogen (secondary N) is 1. The summed E-state index contributed by atoms with van der Waals surface area (Å²) >= 11 is 0. The summed E-state index contributed by atoms with van der Waals surface area (Å²) in [7, 11) is 0. The molecule has 2 heterocycles. The number of alkyl halides is 3. The van der Waals surface area contributed by atoms with Crippen LogP contribution in [-0.4, -0.2) is 38.9 Å². The van der Waals surface area contributed by atoms with Gasteiger partial charge in [-0.1, -0.05) is 38.0 Å². The molecule has 0 unspecified atom stereocenters. The Labute approximate surface area is 195 Å². The van der Waals surface area contributed by atoms with Crippen molar-refractivity contribution in [2.45, 2.75) is 39.3 Å². The molecular formula is C24H26F3N5O2. The van der Waals surface area contributed by atoms with E-state index >= 15 is 0 Å². The van der Waals surface area contributed by atoms with Gasteiger partial charge >= 0.3 is 12.1 Å². The Hall–Kier alpha value is -3.69. The molecule has 0 radical (unpaired) electrons. The normalized spacial score (nSPS) is 11.7. The van der Waals surface area contributed by atoms with E-state index in [0.29, 0.717) is 29.2 Å². The number of nitrogens with zero attached hydrogens (tertiary/aromatic N) is 4. The van der Waals surface area contributed by atoms with Gasteiger partial charge in [0.25, 0.3) is 0 Å². The smallest absolute Gasteiger partial charge is 0.435 e. The number of unbranched alkanes of at least 4 members (excludes halogenated alkanes) is 2. The lowest BCUT2D eigenvalue weighted by atomic mass is 10.0. The van der Waals surface area contributed by atoms with E-state index in [1.165, 1.54) is 12.3 Å². The van der Waals surface area contributed by atoms with Crippen LogP contribution in [0.5, 0.6) is 0 Å². The first kappa shape index (κ1) is 24.9. The summed E-state index contributed by atoms with van der Waals surface area (Å²) in [5.41, 5.74) is 0.834. The lowest BCUT2D eigenvalue weighted by molar-refractivity contribution is -0.141. The molecule has 3 aromatic rings. The number of hydrogen-bond acceptors (Lipinski definition) is 6. The quantitative estimate of drug-likeness (QED) is 0.237. The van der Waals surface area contributed by atoms with E-state index in [1.807, 2.05) is 0 Å². The third-order valence-corrected chi connectivity index (χ3v) is 4.82.